The zero-order chi connectivity index (χ0) is 9.97. The van der Waals surface area contributed by atoms with Crippen molar-refractivity contribution in [1.29, 1.82) is 5.26 Å². The molecule has 0 aliphatic heterocycles. The molecule has 0 saturated heterocycles. The number of hydrogen-bond acceptors (Lipinski definition) is 5. The summed E-state index contributed by atoms with van der Waals surface area (Å²) < 4.78 is 0. The van der Waals surface area contributed by atoms with Crippen molar-refractivity contribution in [3.05, 3.63) is 29.3 Å². The second-order valence-corrected chi connectivity index (χ2v) is 3.53. The molecule has 2 aromatic rings. The highest BCUT2D eigenvalue weighted by Gasteiger charge is 2.08. The Morgan fingerprint density at radius 3 is 3.00 bits per heavy atom. The van der Waals surface area contributed by atoms with Gasteiger partial charge < -0.3 is 5.73 Å². The molecule has 0 atom stereocenters. The number of nitrogen functional groups attached to an aromatic ring is 1. The minimum absolute atomic E-state index is 0.187. The molecule has 0 spiro atoms. The van der Waals surface area contributed by atoms with Crippen LogP contribution >= 0.6 is 11.3 Å². The average molecular weight is 202 g/mol. The largest absolute Gasteiger partial charge is 0.368 e. The van der Waals surface area contributed by atoms with Gasteiger partial charge in [-0.15, -0.1) is 11.3 Å². The molecule has 0 amide bonds. The van der Waals surface area contributed by atoms with E-state index in [4.69, 9.17) is 11.0 Å². The lowest BCUT2D eigenvalue weighted by Gasteiger charge is -1.99. The van der Waals surface area contributed by atoms with Crippen molar-refractivity contribution in [2.75, 3.05) is 5.73 Å². The molecule has 0 radical (unpaired) electrons. The SMILES string of the molecule is N#Cc1cnc(N)nc1-c1cccs1. The monoisotopic (exact) mass is 202 g/mol. The van der Waals surface area contributed by atoms with Crippen molar-refractivity contribution in [1.82, 2.24) is 9.97 Å². The standard InChI is InChI=1S/C9H6N4S/c10-4-6-5-12-9(11)13-8(6)7-2-1-3-14-7/h1-3,5H,(H2,11,12,13). The summed E-state index contributed by atoms with van der Waals surface area (Å²) in [6.45, 7) is 0. The molecular weight excluding hydrogens is 196 g/mol. The van der Waals surface area contributed by atoms with E-state index in [1.807, 2.05) is 23.6 Å². The maximum Gasteiger partial charge on any atom is 0.220 e. The number of nitrogens with two attached hydrogens (primary N) is 1. The number of nitriles is 1. The van der Waals surface area contributed by atoms with Crippen LogP contribution in [0.5, 0.6) is 0 Å². The summed E-state index contributed by atoms with van der Waals surface area (Å²) in [6, 6.07) is 5.84. The molecule has 0 saturated carbocycles. The lowest BCUT2D eigenvalue weighted by molar-refractivity contribution is 1.18. The molecule has 0 bridgehead atoms. The van der Waals surface area contributed by atoms with Crippen LogP contribution in [-0.2, 0) is 0 Å². The smallest absolute Gasteiger partial charge is 0.220 e. The Kier molecular flexibility index (Phi) is 2.13. The van der Waals surface area contributed by atoms with E-state index in [1.165, 1.54) is 17.5 Å². The van der Waals surface area contributed by atoms with E-state index in [2.05, 4.69) is 9.97 Å². The van der Waals surface area contributed by atoms with Gasteiger partial charge in [-0.2, -0.15) is 5.26 Å². The fraction of sp³-hybridized carbons (Fsp3) is 0. The van der Waals surface area contributed by atoms with Gasteiger partial charge in [0.15, 0.2) is 0 Å². The van der Waals surface area contributed by atoms with Crippen LogP contribution in [0.2, 0.25) is 0 Å². The van der Waals surface area contributed by atoms with Crippen molar-refractivity contribution in [3.8, 4) is 16.6 Å². The van der Waals surface area contributed by atoms with E-state index in [0.29, 0.717) is 11.3 Å². The third kappa shape index (κ3) is 1.43. The van der Waals surface area contributed by atoms with Crippen LogP contribution in [0.3, 0.4) is 0 Å². The van der Waals surface area contributed by atoms with E-state index in [1.54, 1.807) is 0 Å². The summed E-state index contributed by atoms with van der Waals surface area (Å²) in [6.07, 6.45) is 1.44. The summed E-state index contributed by atoms with van der Waals surface area (Å²) in [7, 11) is 0. The van der Waals surface area contributed by atoms with Gasteiger partial charge in [-0.25, -0.2) is 9.97 Å². The summed E-state index contributed by atoms with van der Waals surface area (Å²) >= 11 is 1.52. The topological polar surface area (TPSA) is 75.6 Å². The van der Waals surface area contributed by atoms with Crippen LogP contribution in [0, 0.1) is 11.3 Å². The van der Waals surface area contributed by atoms with Crippen LogP contribution in [-0.4, -0.2) is 9.97 Å². The molecule has 2 rings (SSSR count). The fourth-order valence-electron chi connectivity index (χ4n) is 1.08. The van der Waals surface area contributed by atoms with E-state index < -0.39 is 0 Å². The molecule has 2 N–H and O–H groups in total. The van der Waals surface area contributed by atoms with Gasteiger partial charge in [0.1, 0.15) is 11.8 Å². The molecule has 0 unspecified atom stereocenters. The Balaban J connectivity index is 2.63. The molecule has 0 aliphatic rings. The molecule has 0 fully saturated rings. The Bertz CT molecular complexity index is 484. The van der Waals surface area contributed by atoms with Crippen molar-refractivity contribution >= 4 is 17.3 Å². The van der Waals surface area contributed by atoms with Crippen LogP contribution in [0.1, 0.15) is 5.56 Å². The number of thiophene rings is 1. The maximum absolute atomic E-state index is 8.84. The normalized spacial score (nSPS) is 9.64. The first-order valence-electron chi connectivity index (χ1n) is 3.88. The average Bonchev–Trinajstić information content (AvgIpc) is 2.70. The minimum Gasteiger partial charge on any atom is -0.368 e. The van der Waals surface area contributed by atoms with Gasteiger partial charge in [0.05, 0.1) is 16.6 Å². The minimum atomic E-state index is 0.187. The second-order valence-electron chi connectivity index (χ2n) is 2.58. The highest BCUT2D eigenvalue weighted by atomic mass is 32.1. The van der Waals surface area contributed by atoms with Crippen molar-refractivity contribution < 1.29 is 0 Å². The number of aromatic nitrogens is 2. The summed E-state index contributed by atoms with van der Waals surface area (Å²) in [4.78, 5) is 8.74. The molecule has 0 aliphatic carbocycles. The summed E-state index contributed by atoms with van der Waals surface area (Å²) in [5, 5.41) is 10.8. The van der Waals surface area contributed by atoms with Gasteiger partial charge in [-0.1, -0.05) is 6.07 Å². The molecule has 2 heterocycles. The molecule has 4 nitrogen and oxygen atoms in total. The molecule has 2 aromatic heterocycles. The quantitative estimate of drug-likeness (QED) is 0.763. The number of anilines is 1. The predicted octanol–water partition coefficient (Wildman–Crippen LogP) is 1.66. The van der Waals surface area contributed by atoms with Gasteiger partial charge in [-0.05, 0) is 11.4 Å². The van der Waals surface area contributed by atoms with Crippen LogP contribution in [0.25, 0.3) is 10.6 Å². The summed E-state index contributed by atoms with van der Waals surface area (Å²) in [5.41, 5.74) is 6.51. The first-order chi connectivity index (χ1) is 6.81. The number of rotatable bonds is 1. The van der Waals surface area contributed by atoms with E-state index in [-0.39, 0.29) is 5.95 Å². The number of hydrogen-bond donors (Lipinski definition) is 1. The van der Waals surface area contributed by atoms with Gasteiger partial charge in [-0.3, -0.25) is 0 Å². The predicted molar refractivity (Wildman–Crippen MR) is 54.5 cm³/mol. The van der Waals surface area contributed by atoms with E-state index in [9.17, 15) is 0 Å². The van der Waals surface area contributed by atoms with E-state index >= 15 is 0 Å². The number of nitrogens with zero attached hydrogens (tertiary/aromatic N) is 3. The Morgan fingerprint density at radius 1 is 1.50 bits per heavy atom. The Morgan fingerprint density at radius 2 is 2.36 bits per heavy atom. The lowest BCUT2D eigenvalue weighted by atomic mass is 10.2. The van der Waals surface area contributed by atoms with Gasteiger partial charge >= 0.3 is 0 Å². The van der Waals surface area contributed by atoms with Crippen LogP contribution < -0.4 is 5.73 Å². The molecule has 68 valence electrons. The third-order valence-electron chi connectivity index (χ3n) is 1.68. The van der Waals surface area contributed by atoms with Crippen molar-refractivity contribution in [2.45, 2.75) is 0 Å². The maximum atomic E-state index is 8.84. The third-order valence-corrected chi connectivity index (χ3v) is 2.56. The van der Waals surface area contributed by atoms with Crippen molar-refractivity contribution in [3.63, 3.8) is 0 Å². The van der Waals surface area contributed by atoms with Crippen LogP contribution in [0.4, 0.5) is 5.95 Å². The van der Waals surface area contributed by atoms with Crippen LogP contribution in [0.15, 0.2) is 23.7 Å². The van der Waals surface area contributed by atoms with Gasteiger partial charge in [0, 0.05) is 0 Å². The lowest BCUT2D eigenvalue weighted by Crippen LogP contribution is -1.97. The molecule has 14 heavy (non-hydrogen) atoms. The zero-order valence-electron chi connectivity index (χ0n) is 7.14. The summed E-state index contributed by atoms with van der Waals surface area (Å²) in [5.74, 6) is 0.187. The van der Waals surface area contributed by atoms with Gasteiger partial charge in [0.25, 0.3) is 0 Å². The van der Waals surface area contributed by atoms with Gasteiger partial charge in [0.2, 0.25) is 5.95 Å². The molecule has 5 heteroatoms. The second kappa shape index (κ2) is 3.44. The zero-order valence-corrected chi connectivity index (χ0v) is 7.95. The first-order valence-corrected chi connectivity index (χ1v) is 4.75. The Hall–Kier alpha value is -1.93. The van der Waals surface area contributed by atoms with E-state index in [0.717, 1.165) is 4.88 Å². The van der Waals surface area contributed by atoms with Crippen molar-refractivity contribution in [2.24, 2.45) is 0 Å². The Labute approximate surface area is 84.7 Å². The highest BCUT2D eigenvalue weighted by molar-refractivity contribution is 7.13. The fourth-order valence-corrected chi connectivity index (χ4v) is 1.81. The molecule has 0 aromatic carbocycles. The highest BCUT2D eigenvalue weighted by Crippen LogP contribution is 2.25. The first kappa shape index (κ1) is 8.66. The molecular formula is C9H6N4S.